The quantitative estimate of drug-likeness (QED) is 0.609. The van der Waals surface area contributed by atoms with Gasteiger partial charge in [0.25, 0.3) is 0 Å². The van der Waals surface area contributed by atoms with Gasteiger partial charge >= 0.3 is 0 Å². The molecule has 22 heavy (non-hydrogen) atoms. The smallest absolute Gasteiger partial charge is 0.139 e. The van der Waals surface area contributed by atoms with Gasteiger partial charge in [0.15, 0.2) is 0 Å². The van der Waals surface area contributed by atoms with Gasteiger partial charge < -0.3 is 9.83 Å². The zero-order valence-corrected chi connectivity index (χ0v) is 13.3. The fraction of sp³-hybridized carbons (Fsp3) is 0.250. The van der Waals surface area contributed by atoms with Crippen LogP contribution in [0, 0.1) is 12.3 Å². The van der Waals surface area contributed by atoms with Crippen molar-refractivity contribution < 1.29 is 4.42 Å². The van der Waals surface area contributed by atoms with Crippen molar-refractivity contribution in [2.75, 3.05) is 0 Å². The summed E-state index contributed by atoms with van der Waals surface area (Å²) in [6.45, 7) is 6.51. The number of allylic oxidation sites excluding steroid dienone is 2. The lowest BCUT2D eigenvalue weighted by Crippen LogP contribution is -1.87. The number of rotatable bonds is 4. The lowest BCUT2D eigenvalue weighted by atomic mass is 9.98. The number of benzene rings is 2. The molecule has 3 aromatic rings. The second-order valence-electron chi connectivity index (χ2n) is 6.02. The van der Waals surface area contributed by atoms with E-state index in [0.29, 0.717) is 5.92 Å². The third-order valence-electron chi connectivity index (χ3n) is 4.21. The molecule has 0 spiro atoms. The van der Waals surface area contributed by atoms with Gasteiger partial charge in [-0.1, -0.05) is 50.3 Å². The Morgan fingerprint density at radius 3 is 2.59 bits per heavy atom. The van der Waals surface area contributed by atoms with Crippen molar-refractivity contribution in [3.63, 3.8) is 0 Å². The molecule has 0 saturated carbocycles. The predicted octanol–water partition coefficient (Wildman–Crippen LogP) is 5.77. The third kappa shape index (κ3) is 2.35. The number of hydrogen-bond donors (Lipinski definition) is 1. The molecular formula is C20H21NO. The van der Waals surface area contributed by atoms with Gasteiger partial charge in [-0.15, -0.1) is 0 Å². The van der Waals surface area contributed by atoms with E-state index in [-0.39, 0.29) is 0 Å². The minimum atomic E-state index is 0.437. The summed E-state index contributed by atoms with van der Waals surface area (Å²) in [6.07, 6.45) is 5.87. The number of nitrogens with one attached hydrogen (secondary N) is 1. The molecule has 0 bridgehead atoms. The molecule has 0 unspecified atom stereocenters. The first-order valence-electron chi connectivity index (χ1n) is 7.72. The average molecular weight is 291 g/mol. The van der Waals surface area contributed by atoms with Crippen LogP contribution in [0.5, 0.6) is 0 Å². The molecule has 1 N–H and O–H groups in total. The highest BCUT2D eigenvalue weighted by Gasteiger charge is 2.15. The highest BCUT2D eigenvalue weighted by atomic mass is 16.3. The van der Waals surface area contributed by atoms with Crippen LogP contribution in [0.25, 0.3) is 21.9 Å². The average Bonchev–Trinajstić information content (AvgIpc) is 2.88. The second-order valence-corrected chi connectivity index (χ2v) is 6.02. The molecule has 0 aliphatic heterocycles. The Bertz CT molecular complexity index is 868. The van der Waals surface area contributed by atoms with Gasteiger partial charge in [-0.3, -0.25) is 0 Å². The Hall–Kier alpha value is -2.35. The summed E-state index contributed by atoms with van der Waals surface area (Å²) >= 11 is 0. The monoisotopic (exact) mass is 291 g/mol. The molecular weight excluding hydrogens is 270 g/mol. The molecule has 2 aromatic carbocycles. The van der Waals surface area contributed by atoms with Gasteiger partial charge in [-0.2, -0.15) is 0 Å². The van der Waals surface area contributed by atoms with Crippen molar-refractivity contribution in [2.24, 2.45) is 0 Å². The summed E-state index contributed by atoms with van der Waals surface area (Å²) < 4.78 is 6.30. The molecule has 0 atom stereocenters. The molecule has 1 heterocycles. The van der Waals surface area contributed by atoms with E-state index in [1.807, 2.05) is 6.08 Å². The largest absolute Gasteiger partial charge is 0.455 e. The van der Waals surface area contributed by atoms with Crippen molar-refractivity contribution in [3.05, 3.63) is 59.2 Å². The Morgan fingerprint density at radius 2 is 1.86 bits per heavy atom. The summed E-state index contributed by atoms with van der Waals surface area (Å²) in [5.74, 6) is 0.437. The number of fused-ring (bicyclic) bond motifs is 3. The van der Waals surface area contributed by atoms with Gasteiger partial charge in [0.05, 0.1) is 0 Å². The first-order chi connectivity index (χ1) is 10.6. The number of para-hydroxylation sites is 1. The lowest BCUT2D eigenvalue weighted by Gasteiger charge is -2.04. The van der Waals surface area contributed by atoms with E-state index in [9.17, 15) is 0 Å². The SMILES string of the molecule is Cc1ccc2c(oc3c(C(C)C)cccc32)c1C/C=C\C=N. The lowest BCUT2D eigenvalue weighted by molar-refractivity contribution is 0.652. The fourth-order valence-electron chi connectivity index (χ4n) is 3.00. The van der Waals surface area contributed by atoms with Gasteiger partial charge in [0.1, 0.15) is 11.2 Å². The van der Waals surface area contributed by atoms with E-state index in [1.54, 1.807) is 6.08 Å². The standard InChI is InChI=1S/C20H21NO/c1-13(2)15-8-6-9-17-18-11-10-14(3)16(7-4-5-12-21)20(18)22-19(15)17/h4-6,8-13,21H,7H2,1-3H3/b5-4-,21-12?. The molecule has 0 amide bonds. The highest BCUT2D eigenvalue weighted by molar-refractivity contribution is 6.07. The fourth-order valence-corrected chi connectivity index (χ4v) is 3.00. The van der Waals surface area contributed by atoms with E-state index >= 15 is 0 Å². The normalized spacial score (nSPS) is 12.0. The number of hydrogen-bond acceptors (Lipinski definition) is 2. The maximum atomic E-state index is 7.11. The summed E-state index contributed by atoms with van der Waals surface area (Å²) in [7, 11) is 0. The van der Waals surface area contributed by atoms with Crippen molar-refractivity contribution in [1.29, 1.82) is 5.41 Å². The minimum Gasteiger partial charge on any atom is -0.455 e. The summed E-state index contributed by atoms with van der Waals surface area (Å²) in [6, 6.07) is 10.7. The van der Waals surface area contributed by atoms with Crippen molar-refractivity contribution >= 4 is 28.2 Å². The minimum absolute atomic E-state index is 0.437. The molecule has 2 nitrogen and oxygen atoms in total. The van der Waals surface area contributed by atoms with Crippen LogP contribution in [-0.4, -0.2) is 6.21 Å². The Kier molecular flexibility index (Phi) is 3.84. The molecule has 112 valence electrons. The van der Waals surface area contributed by atoms with Crippen molar-refractivity contribution in [3.8, 4) is 0 Å². The van der Waals surface area contributed by atoms with E-state index in [1.165, 1.54) is 33.7 Å². The topological polar surface area (TPSA) is 37.0 Å². The first-order valence-corrected chi connectivity index (χ1v) is 7.72. The van der Waals surface area contributed by atoms with Gasteiger partial charge in [-0.25, -0.2) is 0 Å². The molecule has 0 saturated heterocycles. The molecule has 0 aliphatic rings. The van der Waals surface area contributed by atoms with Crippen molar-refractivity contribution in [2.45, 2.75) is 33.1 Å². The van der Waals surface area contributed by atoms with E-state index in [0.717, 1.165) is 17.6 Å². The van der Waals surface area contributed by atoms with Crippen molar-refractivity contribution in [1.82, 2.24) is 0 Å². The summed E-state index contributed by atoms with van der Waals surface area (Å²) in [5, 5.41) is 9.49. The molecule has 0 fully saturated rings. The molecule has 1 aromatic heterocycles. The Labute approximate surface area is 131 Å². The van der Waals surface area contributed by atoms with E-state index in [4.69, 9.17) is 9.83 Å². The zero-order valence-electron chi connectivity index (χ0n) is 13.3. The zero-order chi connectivity index (χ0) is 15.7. The van der Waals surface area contributed by atoms with Crippen LogP contribution in [0.2, 0.25) is 0 Å². The first kappa shape index (κ1) is 14.6. The van der Waals surface area contributed by atoms with Crippen LogP contribution in [0.15, 0.2) is 46.9 Å². The summed E-state index contributed by atoms with van der Waals surface area (Å²) in [5.41, 5.74) is 5.69. The van der Waals surface area contributed by atoms with Crippen LogP contribution in [0.1, 0.15) is 36.5 Å². The molecule has 0 aliphatic carbocycles. The van der Waals surface area contributed by atoms with Gasteiger partial charge in [0, 0.05) is 22.6 Å². The van der Waals surface area contributed by atoms with Crippen LogP contribution < -0.4 is 0 Å². The van der Waals surface area contributed by atoms with E-state index < -0.39 is 0 Å². The van der Waals surface area contributed by atoms with Crippen LogP contribution in [0.3, 0.4) is 0 Å². The molecule has 3 rings (SSSR count). The second kappa shape index (κ2) is 5.80. The van der Waals surface area contributed by atoms with Gasteiger partial charge in [0.2, 0.25) is 0 Å². The van der Waals surface area contributed by atoms with Crippen LogP contribution >= 0.6 is 0 Å². The van der Waals surface area contributed by atoms with Gasteiger partial charge in [-0.05, 0) is 36.5 Å². The van der Waals surface area contributed by atoms with Crippen LogP contribution in [-0.2, 0) is 6.42 Å². The Balaban J connectivity index is 2.30. The predicted molar refractivity (Wildman–Crippen MR) is 94.2 cm³/mol. The maximum Gasteiger partial charge on any atom is 0.139 e. The molecule has 0 radical (unpaired) electrons. The molecule has 2 heteroatoms. The summed E-state index contributed by atoms with van der Waals surface area (Å²) in [4.78, 5) is 0. The number of furan rings is 1. The Morgan fingerprint density at radius 1 is 1.09 bits per heavy atom. The van der Waals surface area contributed by atoms with E-state index in [2.05, 4.69) is 51.1 Å². The van der Waals surface area contributed by atoms with Crippen LogP contribution in [0.4, 0.5) is 0 Å². The third-order valence-corrected chi connectivity index (χ3v) is 4.21. The number of aryl methyl sites for hydroxylation is 1. The maximum absolute atomic E-state index is 7.11. The highest BCUT2D eigenvalue weighted by Crippen LogP contribution is 2.36.